The fraction of sp³-hybridized carbons (Fsp3) is 0.588. The third-order valence-corrected chi connectivity index (χ3v) is 4.03. The first-order chi connectivity index (χ1) is 9.31. The van der Waals surface area contributed by atoms with Crippen LogP contribution in [0.25, 0.3) is 0 Å². The Morgan fingerprint density at radius 1 is 1.15 bits per heavy atom. The van der Waals surface area contributed by atoms with E-state index in [2.05, 4.69) is 51.5 Å². The molecule has 1 N–H and O–H groups in total. The summed E-state index contributed by atoms with van der Waals surface area (Å²) in [5.74, 6) is 0.702. The number of rotatable bonds is 7. The maximum Gasteiger partial charge on any atom is 0.150 e. The second kappa shape index (κ2) is 7.84. The first kappa shape index (κ1) is 17.3. The lowest BCUT2D eigenvalue weighted by molar-refractivity contribution is 0.112. The summed E-state index contributed by atoms with van der Waals surface area (Å²) in [6.07, 6.45) is 3.20. The fourth-order valence-corrected chi connectivity index (χ4v) is 2.60. The second-order valence-electron chi connectivity index (χ2n) is 6.64. The second-order valence-corrected chi connectivity index (χ2v) is 8.31. The van der Waals surface area contributed by atoms with Crippen LogP contribution >= 0.6 is 11.9 Å². The molecular formula is C17H27NOS. The number of hydrogen-bond donors (Lipinski definition) is 1. The van der Waals surface area contributed by atoms with E-state index in [9.17, 15) is 4.79 Å². The van der Waals surface area contributed by atoms with Crippen molar-refractivity contribution < 1.29 is 4.79 Å². The number of benzene rings is 1. The summed E-state index contributed by atoms with van der Waals surface area (Å²) in [6.45, 7) is 11.1. The highest BCUT2D eigenvalue weighted by Gasteiger charge is 2.17. The minimum atomic E-state index is 0.193. The van der Waals surface area contributed by atoms with Gasteiger partial charge in [-0.05, 0) is 45.1 Å². The zero-order chi connectivity index (χ0) is 15.2. The molecule has 0 unspecified atom stereocenters. The largest absolute Gasteiger partial charge is 0.298 e. The molecule has 0 saturated heterocycles. The summed E-state index contributed by atoms with van der Waals surface area (Å²) in [5.41, 5.74) is 1.99. The molecule has 2 nitrogen and oxygen atoms in total. The lowest BCUT2D eigenvalue weighted by Crippen LogP contribution is -2.22. The van der Waals surface area contributed by atoms with Crippen LogP contribution in [0.3, 0.4) is 0 Å². The molecular weight excluding hydrogens is 266 g/mol. The van der Waals surface area contributed by atoms with E-state index >= 15 is 0 Å². The molecule has 1 rings (SSSR count). The Labute approximate surface area is 127 Å². The van der Waals surface area contributed by atoms with E-state index in [1.807, 2.05) is 12.1 Å². The van der Waals surface area contributed by atoms with Crippen LogP contribution in [-0.2, 0) is 0 Å². The van der Waals surface area contributed by atoms with Gasteiger partial charge >= 0.3 is 0 Å². The highest BCUT2D eigenvalue weighted by molar-refractivity contribution is 7.98. The Balaban J connectivity index is 2.76. The van der Waals surface area contributed by atoms with E-state index in [4.69, 9.17) is 0 Å². The smallest absolute Gasteiger partial charge is 0.150 e. The third kappa shape index (κ3) is 6.58. The van der Waals surface area contributed by atoms with E-state index in [0.29, 0.717) is 12.0 Å². The van der Waals surface area contributed by atoms with Crippen LogP contribution in [0.4, 0.5) is 0 Å². The van der Waals surface area contributed by atoms with Gasteiger partial charge in [0.15, 0.2) is 0 Å². The summed E-state index contributed by atoms with van der Waals surface area (Å²) in [5, 5.41) is 0. The van der Waals surface area contributed by atoms with Gasteiger partial charge in [0.1, 0.15) is 6.29 Å². The van der Waals surface area contributed by atoms with Gasteiger partial charge in [0.2, 0.25) is 0 Å². The van der Waals surface area contributed by atoms with Crippen molar-refractivity contribution in [2.75, 3.05) is 0 Å². The SMILES string of the molecule is CC(C)CC[C@@H](NSC(C)(C)C)c1ccc(C=O)cc1. The number of carbonyl (C=O) groups is 1. The Kier molecular flexibility index (Phi) is 6.77. The lowest BCUT2D eigenvalue weighted by Gasteiger charge is -2.25. The Hall–Kier alpha value is -0.800. The topological polar surface area (TPSA) is 29.1 Å². The van der Waals surface area contributed by atoms with E-state index < -0.39 is 0 Å². The van der Waals surface area contributed by atoms with Crippen LogP contribution in [0, 0.1) is 5.92 Å². The first-order valence-corrected chi connectivity index (χ1v) is 8.12. The van der Waals surface area contributed by atoms with Crippen LogP contribution < -0.4 is 4.72 Å². The van der Waals surface area contributed by atoms with Crippen molar-refractivity contribution in [3.8, 4) is 0 Å². The third-order valence-electron chi connectivity index (χ3n) is 3.01. The van der Waals surface area contributed by atoms with Gasteiger partial charge in [-0.15, -0.1) is 0 Å². The molecule has 0 spiro atoms. The molecule has 0 aromatic heterocycles. The van der Waals surface area contributed by atoms with Crippen LogP contribution in [-0.4, -0.2) is 11.0 Å². The Morgan fingerprint density at radius 3 is 2.20 bits per heavy atom. The van der Waals surface area contributed by atoms with Gasteiger partial charge in [0, 0.05) is 16.4 Å². The van der Waals surface area contributed by atoms with Crippen molar-refractivity contribution in [1.82, 2.24) is 4.72 Å². The minimum Gasteiger partial charge on any atom is -0.298 e. The molecule has 1 aromatic carbocycles. The van der Waals surface area contributed by atoms with Crippen LogP contribution in [0.5, 0.6) is 0 Å². The van der Waals surface area contributed by atoms with Crippen LogP contribution in [0.2, 0.25) is 0 Å². The van der Waals surface area contributed by atoms with Crippen LogP contribution in [0.1, 0.15) is 69.4 Å². The highest BCUT2D eigenvalue weighted by atomic mass is 32.2. The molecule has 0 radical (unpaired) electrons. The van der Waals surface area contributed by atoms with Crippen molar-refractivity contribution in [3.05, 3.63) is 35.4 Å². The predicted octanol–water partition coefficient (Wildman–Crippen LogP) is 5.01. The molecule has 0 saturated carbocycles. The minimum absolute atomic E-state index is 0.193. The zero-order valence-corrected chi connectivity index (χ0v) is 14.1. The predicted molar refractivity (Wildman–Crippen MR) is 89.1 cm³/mol. The van der Waals surface area contributed by atoms with Gasteiger partial charge in [0.25, 0.3) is 0 Å². The summed E-state index contributed by atoms with van der Waals surface area (Å²) in [6, 6.07) is 8.25. The van der Waals surface area contributed by atoms with Gasteiger partial charge < -0.3 is 0 Å². The van der Waals surface area contributed by atoms with E-state index in [-0.39, 0.29) is 4.75 Å². The Bertz CT molecular complexity index is 406. The van der Waals surface area contributed by atoms with Gasteiger partial charge in [-0.2, -0.15) is 0 Å². The molecule has 0 aliphatic carbocycles. The molecule has 0 aliphatic rings. The summed E-state index contributed by atoms with van der Waals surface area (Å²) >= 11 is 1.78. The molecule has 1 aromatic rings. The average molecular weight is 293 g/mol. The molecule has 3 heteroatoms. The summed E-state index contributed by atoms with van der Waals surface area (Å²) in [4.78, 5) is 10.7. The molecule has 0 amide bonds. The Morgan fingerprint density at radius 2 is 1.75 bits per heavy atom. The maximum absolute atomic E-state index is 10.7. The lowest BCUT2D eigenvalue weighted by atomic mass is 9.98. The molecule has 0 aliphatic heterocycles. The van der Waals surface area contributed by atoms with Crippen molar-refractivity contribution in [3.63, 3.8) is 0 Å². The van der Waals surface area contributed by atoms with E-state index in [0.717, 1.165) is 18.3 Å². The molecule has 1 atom stereocenters. The zero-order valence-electron chi connectivity index (χ0n) is 13.3. The quantitative estimate of drug-likeness (QED) is 0.566. The van der Waals surface area contributed by atoms with Crippen molar-refractivity contribution in [2.24, 2.45) is 5.92 Å². The number of nitrogens with one attached hydrogen (secondary N) is 1. The molecule has 20 heavy (non-hydrogen) atoms. The highest BCUT2D eigenvalue weighted by Crippen LogP contribution is 2.28. The van der Waals surface area contributed by atoms with Gasteiger partial charge in [-0.25, -0.2) is 0 Å². The van der Waals surface area contributed by atoms with E-state index in [1.165, 1.54) is 12.0 Å². The number of carbonyl (C=O) groups excluding carboxylic acids is 1. The fourth-order valence-electron chi connectivity index (χ4n) is 1.85. The molecule has 0 bridgehead atoms. The normalized spacial score (nSPS) is 13.5. The van der Waals surface area contributed by atoms with Gasteiger partial charge in [-0.1, -0.05) is 50.1 Å². The van der Waals surface area contributed by atoms with Gasteiger partial charge in [0.05, 0.1) is 0 Å². The number of hydrogen-bond acceptors (Lipinski definition) is 3. The molecule has 0 fully saturated rings. The van der Waals surface area contributed by atoms with Crippen molar-refractivity contribution in [1.29, 1.82) is 0 Å². The summed E-state index contributed by atoms with van der Waals surface area (Å²) in [7, 11) is 0. The first-order valence-electron chi connectivity index (χ1n) is 7.30. The molecule has 112 valence electrons. The standard InChI is InChI=1S/C17H27NOS/c1-13(2)6-11-16(18-20-17(3,4)5)15-9-7-14(12-19)8-10-15/h7-10,12-13,16,18H,6,11H2,1-5H3/t16-/m1/s1. The van der Waals surface area contributed by atoms with Crippen molar-refractivity contribution >= 4 is 18.2 Å². The van der Waals surface area contributed by atoms with Crippen LogP contribution in [0.15, 0.2) is 24.3 Å². The average Bonchev–Trinajstić information content (AvgIpc) is 2.37. The molecule has 0 heterocycles. The number of aldehydes is 1. The van der Waals surface area contributed by atoms with E-state index in [1.54, 1.807) is 11.9 Å². The summed E-state index contributed by atoms with van der Waals surface area (Å²) < 4.78 is 3.79. The van der Waals surface area contributed by atoms with Crippen molar-refractivity contribution in [2.45, 2.75) is 58.2 Å². The maximum atomic E-state index is 10.7. The monoisotopic (exact) mass is 293 g/mol. The van der Waals surface area contributed by atoms with Gasteiger partial charge in [-0.3, -0.25) is 9.52 Å².